The lowest BCUT2D eigenvalue weighted by molar-refractivity contribution is -0.140. The zero-order chi connectivity index (χ0) is 30.1. The Bertz CT molecular complexity index is 1600. The summed E-state index contributed by atoms with van der Waals surface area (Å²) in [4.78, 5) is 29.2. The molecule has 0 aliphatic rings. The summed E-state index contributed by atoms with van der Waals surface area (Å²) < 4.78 is 28.9. The number of hydrogen-bond acceptors (Lipinski definition) is 4. The second-order valence-corrected chi connectivity index (χ2v) is 12.3. The number of hydrogen-bond donors (Lipinski definition) is 1. The average Bonchev–Trinajstić information content (AvgIpc) is 2.99. The Morgan fingerprint density at radius 3 is 2.05 bits per heavy atom. The van der Waals surface area contributed by atoms with E-state index >= 15 is 0 Å². The van der Waals surface area contributed by atoms with Crippen LogP contribution in [-0.2, 0) is 32.6 Å². The number of carbonyl (C=O) groups excluding carboxylic acids is 2. The average molecular weight is 625 g/mol. The number of nitrogens with zero attached hydrogens (tertiary/aromatic N) is 2. The third-order valence-corrected chi connectivity index (χ3v) is 8.87. The van der Waals surface area contributed by atoms with Crippen molar-refractivity contribution in [2.75, 3.05) is 17.4 Å². The van der Waals surface area contributed by atoms with Crippen molar-refractivity contribution in [1.29, 1.82) is 0 Å². The Hall–Kier alpha value is -3.85. The molecule has 0 saturated carbocycles. The number of likely N-dealkylation sites (N-methyl/N-ethyl adjacent to an activating group) is 1. The van der Waals surface area contributed by atoms with Crippen LogP contribution in [0.25, 0.3) is 0 Å². The summed E-state index contributed by atoms with van der Waals surface area (Å²) in [5.74, 6) is -0.902. The van der Waals surface area contributed by atoms with Gasteiger partial charge in [-0.15, -0.1) is 0 Å². The Kier molecular flexibility index (Phi) is 10.6. The highest BCUT2D eigenvalue weighted by atomic mass is 35.5. The summed E-state index contributed by atoms with van der Waals surface area (Å²) in [6.45, 7) is 1.66. The molecule has 10 heteroatoms. The molecule has 2 amide bonds. The number of anilines is 1. The summed E-state index contributed by atoms with van der Waals surface area (Å²) in [5, 5.41) is 3.69. The summed E-state index contributed by atoms with van der Waals surface area (Å²) in [6, 6.07) is 29.6. The van der Waals surface area contributed by atoms with Gasteiger partial charge in [0.1, 0.15) is 12.6 Å². The standard InChI is InChI=1S/C32H31Cl2N3O4S/c1-2-35-32(39)30(20-24-10-5-3-6-11-24)36(22-25-16-18-26(33)19-17-25)31(38)23-37(28-13-9-12-27(34)21-28)42(40,41)29-14-7-4-8-15-29/h3-19,21,30H,2,20,22-23H2,1H3,(H,35,39)/t30-/m0/s1. The molecule has 4 rings (SSSR count). The van der Waals surface area contributed by atoms with Gasteiger partial charge in [-0.05, 0) is 60.5 Å². The zero-order valence-electron chi connectivity index (χ0n) is 23.0. The molecule has 0 aliphatic heterocycles. The topological polar surface area (TPSA) is 86.8 Å². The van der Waals surface area contributed by atoms with Crippen LogP contribution in [0, 0.1) is 0 Å². The largest absolute Gasteiger partial charge is 0.355 e. The fourth-order valence-corrected chi connectivity index (χ4v) is 6.25. The van der Waals surface area contributed by atoms with Crippen LogP contribution < -0.4 is 9.62 Å². The highest BCUT2D eigenvalue weighted by Gasteiger charge is 2.34. The van der Waals surface area contributed by atoms with Crippen LogP contribution in [-0.4, -0.2) is 44.3 Å². The molecule has 0 heterocycles. The minimum Gasteiger partial charge on any atom is -0.355 e. The van der Waals surface area contributed by atoms with Gasteiger partial charge in [0.05, 0.1) is 10.6 Å². The highest BCUT2D eigenvalue weighted by molar-refractivity contribution is 7.92. The summed E-state index contributed by atoms with van der Waals surface area (Å²) >= 11 is 12.3. The number of carbonyl (C=O) groups is 2. The maximum atomic E-state index is 14.3. The van der Waals surface area contributed by atoms with Gasteiger partial charge in [-0.1, -0.05) is 89.9 Å². The molecule has 0 bridgehead atoms. The minimum absolute atomic E-state index is 0.0200. The van der Waals surface area contributed by atoms with Crippen LogP contribution in [0.2, 0.25) is 10.0 Å². The molecule has 7 nitrogen and oxygen atoms in total. The van der Waals surface area contributed by atoms with E-state index in [0.29, 0.717) is 16.6 Å². The monoisotopic (exact) mass is 623 g/mol. The van der Waals surface area contributed by atoms with E-state index in [1.165, 1.54) is 23.1 Å². The van der Waals surface area contributed by atoms with E-state index in [2.05, 4.69) is 5.32 Å². The quantitative estimate of drug-likeness (QED) is 0.211. The van der Waals surface area contributed by atoms with Gasteiger partial charge in [0, 0.05) is 29.6 Å². The lowest BCUT2D eigenvalue weighted by Gasteiger charge is -2.33. The van der Waals surface area contributed by atoms with E-state index in [1.807, 2.05) is 30.3 Å². The van der Waals surface area contributed by atoms with Gasteiger partial charge in [0.25, 0.3) is 10.0 Å². The number of nitrogens with one attached hydrogen (secondary N) is 1. The number of rotatable bonds is 12. The van der Waals surface area contributed by atoms with Gasteiger partial charge in [-0.3, -0.25) is 13.9 Å². The van der Waals surface area contributed by atoms with Crippen molar-refractivity contribution in [2.24, 2.45) is 0 Å². The first-order valence-electron chi connectivity index (χ1n) is 13.4. The molecule has 42 heavy (non-hydrogen) atoms. The maximum absolute atomic E-state index is 14.3. The third-order valence-electron chi connectivity index (χ3n) is 6.59. The van der Waals surface area contributed by atoms with Gasteiger partial charge in [0.15, 0.2) is 0 Å². The minimum atomic E-state index is -4.18. The van der Waals surface area contributed by atoms with E-state index in [1.54, 1.807) is 67.6 Å². The van der Waals surface area contributed by atoms with Crippen molar-refractivity contribution in [3.63, 3.8) is 0 Å². The second-order valence-electron chi connectivity index (χ2n) is 9.55. The van der Waals surface area contributed by atoms with Gasteiger partial charge in [0.2, 0.25) is 11.8 Å². The van der Waals surface area contributed by atoms with E-state index in [9.17, 15) is 18.0 Å². The Morgan fingerprint density at radius 2 is 1.43 bits per heavy atom. The van der Waals surface area contributed by atoms with Gasteiger partial charge >= 0.3 is 0 Å². The molecule has 0 spiro atoms. The van der Waals surface area contributed by atoms with Gasteiger partial charge < -0.3 is 10.2 Å². The van der Waals surface area contributed by atoms with Crippen molar-refractivity contribution in [3.8, 4) is 0 Å². The van der Waals surface area contributed by atoms with Crippen molar-refractivity contribution >= 4 is 50.7 Å². The van der Waals surface area contributed by atoms with E-state index in [-0.39, 0.29) is 29.5 Å². The third kappa shape index (κ3) is 7.91. The lowest BCUT2D eigenvalue weighted by atomic mass is 10.0. The molecular formula is C32H31Cl2N3O4S. The summed E-state index contributed by atoms with van der Waals surface area (Å²) in [5.41, 5.74) is 1.81. The first-order valence-corrected chi connectivity index (χ1v) is 15.6. The van der Waals surface area contributed by atoms with Crippen molar-refractivity contribution < 1.29 is 18.0 Å². The molecule has 4 aromatic carbocycles. The van der Waals surface area contributed by atoms with Crippen LogP contribution in [0.1, 0.15) is 18.1 Å². The SMILES string of the molecule is CCNC(=O)[C@H](Cc1ccccc1)N(Cc1ccc(Cl)cc1)C(=O)CN(c1cccc(Cl)c1)S(=O)(=O)c1ccccc1. The predicted octanol–water partition coefficient (Wildman–Crippen LogP) is 5.96. The normalized spacial score (nSPS) is 11.9. The van der Waals surface area contributed by atoms with Gasteiger partial charge in [-0.25, -0.2) is 8.42 Å². The molecule has 0 radical (unpaired) electrons. The first-order chi connectivity index (χ1) is 20.2. The fraction of sp³-hybridized carbons (Fsp3) is 0.188. The first kappa shape index (κ1) is 31.1. The molecule has 0 aliphatic carbocycles. The molecule has 0 saturated heterocycles. The molecular weight excluding hydrogens is 593 g/mol. The maximum Gasteiger partial charge on any atom is 0.264 e. The Morgan fingerprint density at radius 1 is 0.786 bits per heavy atom. The summed E-state index contributed by atoms with van der Waals surface area (Å²) in [7, 11) is -4.18. The molecule has 218 valence electrons. The molecule has 1 atom stereocenters. The fourth-order valence-electron chi connectivity index (χ4n) is 4.51. The number of halogens is 2. The lowest BCUT2D eigenvalue weighted by Crippen LogP contribution is -2.53. The predicted molar refractivity (Wildman–Crippen MR) is 167 cm³/mol. The Balaban J connectivity index is 1.78. The molecule has 0 unspecified atom stereocenters. The van der Waals surface area contributed by atoms with Crippen LogP contribution in [0.4, 0.5) is 5.69 Å². The zero-order valence-corrected chi connectivity index (χ0v) is 25.3. The van der Waals surface area contributed by atoms with Crippen LogP contribution in [0.3, 0.4) is 0 Å². The van der Waals surface area contributed by atoms with E-state index < -0.39 is 28.5 Å². The molecule has 4 aromatic rings. The number of sulfonamides is 1. The second kappa shape index (κ2) is 14.4. The molecule has 0 fully saturated rings. The molecule has 0 aromatic heterocycles. The number of amides is 2. The Labute approximate surface area is 256 Å². The van der Waals surface area contributed by atoms with Crippen LogP contribution in [0.5, 0.6) is 0 Å². The smallest absolute Gasteiger partial charge is 0.264 e. The van der Waals surface area contributed by atoms with Gasteiger partial charge in [-0.2, -0.15) is 0 Å². The number of benzene rings is 4. The van der Waals surface area contributed by atoms with Crippen molar-refractivity contribution in [1.82, 2.24) is 10.2 Å². The van der Waals surface area contributed by atoms with Crippen LogP contribution in [0.15, 0.2) is 114 Å². The van der Waals surface area contributed by atoms with E-state index in [0.717, 1.165) is 15.4 Å². The van der Waals surface area contributed by atoms with Crippen molar-refractivity contribution in [3.05, 3.63) is 130 Å². The van der Waals surface area contributed by atoms with Crippen molar-refractivity contribution in [2.45, 2.75) is 30.8 Å². The molecule has 1 N–H and O–H groups in total. The summed E-state index contributed by atoms with van der Waals surface area (Å²) in [6.07, 6.45) is 0.231. The highest BCUT2D eigenvalue weighted by Crippen LogP contribution is 2.27. The van der Waals surface area contributed by atoms with E-state index in [4.69, 9.17) is 23.2 Å². The van der Waals surface area contributed by atoms with Crippen LogP contribution >= 0.6 is 23.2 Å².